The normalized spacial score (nSPS) is 27.6. The SMILES string of the molecule is CC(C)N1CCC(NC[C@H]2CCO[C@@H]2c2ccccc2)CC1. The molecule has 2 fully saturated rings. The Morgan fingerprint density at radius 3 is 2.55 bits per heavy atom. The summed E-state index contributed by atoms with van der Waals surface area (Å²) in [6.45, 7) is 9.06. The first-order valence-electron chi connectivity index (χ1n) is 8.88. The van der Waals surface area contributed by atoms with Crippen molar-refractivity contribution >= 4 is 0 Å². The van der Waals surface area contributed by atoms with Gasteiger partial charge in [-0.15, -0.1) is 0 Å². The van der Waals surface area contributed by atoms with E-state index < -0.39 is 0 Å². The highest BCUT2D eigenvalue weighted by Gasteiger charge is 2.30. The molecule has 22 heavy (non-hydrogen) atoms. The quantitative estimate of drug-likeness (QED) is 0.904. The molecule has 1 aromatic carbocycles. The van der Waals surface area contributed by atoms with Gasteiger partial charge in [0.1, 0.15) is 0 Å². The third-order valence-electron chi connectivity index (χ3n) is 5.27. The zero-order chi connectivity index (χ0) is 15.4. The molecule has 0 spiro atoms. The van der Waals surface area contributed by atoms with E-state index in [0.29, 0.717) is 18.0 Å². The summed E-state index contributed by atoms with van der Waals surface area (Å²) >= 11 is 0. The second kappa shape index (κ2) is 7.58. The van der Waals surface area contributed by atoms with E-state index in [1.54, 1.807) is 0 Å². The summed E-state index contributed by atoms with van der Waals surface area (Å²) in [4.78, 5) is 2.59. The van der Waals surface area contributed by atoms with Crippen LogP contribution in [0.5, 0.6) is 0 Å². The molecule has 2 aliphatic heterocycles. The molecule has 2 atom stereocenters. The molecule has 3 nitrogen and oxygen atoms in total. The van der Waals surface area contributed by atoms with Gasteiger partial charge in [-0.05, 0) is 51.8 Å². The standard InChI is InChI=1S/C19H30N2O/c1-15(2)21-11-8-18(9-12-21)20-14-17-10-13-22-19(17)16-6-4-3-5-7-16/h3-7,15,17-20H,8-14H2,1-2H3/t17-,19-/m1/s1. The van der Waals surface area contributed by atoms with Crippen LogP contribution in [0.3, 0.4) is 0 Å². The average Bonchev–Trinajstić information content (AvgIpc) is 3.02. The lowest BCUT2D eigenvalue weighted by molar-refractivity contribution is 0.0880. The maximum Gasteiger partial charge on any atom is 0.0866 e. The molecular formula is C19H30N2O. The van der Waals surface area contributed by atoms with Gasteiger partial charge in [-0.25, -0.2) is 0 Å². The van der Waals surface area contributed by atoms with Crippen molar-refractivity contribution in [3.8, 4) is 0 Å². The Bertz CT molecular complexity index is 440. The molecule has 2 aliphatic rings. The maximum atomic E-state index is 5.99. The van der Waals surface area contributed by atoms with E-state index in [1.807, 2.05) is 0 Å². The zero-order valence-corrected chi connectivity index (χ0v) is 14.0. The Kier molecular flexibility index (Phi) is 5.51. The third kappa shape index (κ3) is 3.89. The fraction of sp³-hybridized carbons (Fsp3) is 0.684. The number of piperidine rings is 1. The first-order valence-corrected chi connectivity index (χ1v) is 8.88. The molecule has 0 amide bonds. The summed E-state index contributed by atoms with van der Waals surface area (Å²) in [5.41, 5.74) is 1.33. The Labute approximate surface area is 135 Å². The molecule has 2 saturated heterocycles. The van der Waals surface area contributed by atoms with Crippen molar-refractivity contribution in [1.82, 2.24) is 10.2 Å². The highest BCUT2D eigenvalue weighted by atomic mass is 16.5. The molecule has 0 aromatic heterocycles. The fourth-order valence-electron chi connectivity index (χ4n) is 3.79. The van der Waals surface area contributed by atoms with E-state index in [1.165, 1.54) is 37.9 Å². The van der Waals surface area contributed by atoms with Crippen LogP contribution < -0.4 is 5.32 Å². The van der Waals surface area contributed by atoms with Crippen LogP contribution in [0.2, 0.25) is 0 Å². The largest absolute Gasteiger partial charge is 0.373 e. The minimum Gasteiger partial charge on any atom is -0.373 e. The van der Waals surface area contributed by atoms with Gasteiger partial charge in [0.2, 0.25) is 0 Å². The average molecular weight is 302 g/mol. The van der Waals surface area contributed by atoms with Gasteiger partial charge in [0.25, 0.3) is 0 Å². The van der Waals surface area contributed by atoms with E-state index in [2.05, 4.69) is 54.4 Å². The Morgan fingerprint density at radius 1 is 1.14 bits per heavy atom. The maximum absolute atomic E-state index is 5.99. The lowest BCUT2D eigenvalue weighted by Crippen LogP contribution is -2.46. The van der Waals surface area contributed by atoms with Crippen molar-refractivity contribution in [2.75, 3.05) is 26.2 Å². The monoisotopic (exact) mass is 302 g/mol. The second-order valence-electron chi connectivity index (χ2n) is 7.06. The molecule has 3 heteroatoms. The molecule has 0 bridgehead atoms. The summed E-state index contributed by atoms with van der Waals surface area (Å²) in [5, 5.41) is 3.82. The lowest BCUT2D eigenvalue weighted by Gasteiger charge is -2.35. The number of hydrogen-bond acceptors (Lipinski definition) is 3. The predicted octanol–water partition coefficient (Wildman–Crippen LogP) is 3.23. The minimum absolute atomic E-state index is 0.282. The Balaban J connectivity index is 1.47. The number of nitrogens with zero attached hydrogens (tertiary/aromatic N) is 1. The predicted molar refractivity (Wildman–Crippen MR) is 91.0 cm³/mol. The Morgan fingerprint density at radius 2 is 1.86 bits per heavy atom. The van der Waals surface area contributed by atoms with Crippen molar-refractivity contribution < 1.29 is 4.74 Å². The first-order chi connectivity index (χ1) is 10.7. The number of benzene rings is 1. The number of nitrogens with one attached hydrogen (secondary N) is 1. The molecule has 122 valence electrons. The molecule has 1 N–H and O–H groups in total. The van der Waals surface area contributed by atoms with Crippen molar-refractivity contribution in [2.24, 2.45) is 5.92 Å². The zero-order valence-electron chi connectivity index (χ0n) is 14.0. The van der Waals surface area contributed by atoms with Gasteiger partial charge in [0.05, 0.1) is 6.10 Å². The number of hydrogen-bond donors (Lipinski definition) is 1. The number of rotatable bonds is 5. The lowest BCUT2D eigenvalue weighted by atomic mass is 9.94. The van der Waals surface area contributed by atoms with Gasteiger partial charge in [-0.3, -0.25) is 0 Å². The fourth-order valence-corrected chi connectivity index (χ4v) is 3.79. The van der Waals surface area contributed by atoms with E-state index in [0.717, 1.165) is 13.2 Å². The van der Waals surface area contributed by atoms with Crippen LogP contribution in [-0.4, -0.2) is 43.2 Å². The van der Waals surface area contributed by atoms with E-state index in [4.69, 9.17) is 4.74 Å². The summed E-state index contributed by atoms with van der Waals surface area (Å²) in [6, 6.07) is 12.1. The van der Waals surface area contributed by atoms with Crippen LogP contribution in [0, 0.1) is 5.92 Å². The molecule has 0 unspecified atom stereocenters. The first kappa shape index (κ1) is 16.0. The number of ether oxygens (including phenoxy) is 1. The summed E-state index contributed by atoms with van der Waals surface area (Å²) in [7, 11) is 0. The highest BCUT2D eigenvalue weighted by Crippen LogP contribution is 2.34. The number of likely N-dealkylation sites (tertiary alicyclic amines) is 1. The topological polar surface area (TPSA) is 24.5 Å². The van der Waals surface area contributed by atoms with Crippen molar-refractivity contribution in [3.63, 3.8) is 0 Å². The van der Waals surface area contributed by atoms with Crippen LogP contribution in [0.15, 0.2) is 30.3 Å². The van der Waals surface area contributed by atoms with Gasteiger partial charge in [0, 0.05) is 31.2 Å². The molecule has 2 heterocycles. The summed E-state index contributed by atoms with van der Waals surface area (Å²) in [5.74, 6) is 0.616. The van der Waals surface area contributed by atoms with Gasteiger partial charge >= 0.3 is 0 Å². The van der Waals surface area contributed by atoms with Gasteiger partial charge in [-0.1, -0.05) is 30.3 Å². The van der Waals surface area contributed by atoms with Gasteiger partial charge in [-0.2, -0.15) is 0 Å². The van der Waals surface area contributed by atoms with E-state index >= 15 is 0 Å². The van der Waals surface area contributed by atoms with Crippen LogP contribution in [0.25, 0.3) is 0 Å². The van der Waals surface area contributed by atoms with Crippen LogP contribution in [0.1, 0.15) is 44.8 Å². The van der Waals surface area contributed by atoms with Crippen molar-refractivity contribution in [3.05, 3.63) is 35.9 Å². The minimum atomic E-state index is 0.282. The molecular weight excluding hydrogens is 272 g/mol. The molecule has 0 saturated carbocycles. The van der Waals surface area contributed by atoms with E-state index in [-0.39, 0.29) is 6.10 Å². The second-order valence-corrected chi connectivity index (χ2v) is 7.06. The van der Waals surface area contributed by atoms with Gasteiger partial charge < -0.3 is 15.0 Å². The third-order valence-corrected chi connectivity index (χ3v) is 5.27. The van der Waals surface area contributed by atoms with Crippen molar-refractivity contribution in [2.45, 2.75) is 51.3 Å². The van der Waals surface area contributed by atoms with Gasteiger partial charge in [0.15, 0.2) is 0 Å². The molecule has 3 rings (SSSR count). The molecule has 0 radical (unpaired) electrons. The summed E-state index contributed by atoms with van der Waals surface area (Å²) < 4.78 is 5.99. The highest BCUT2D eigenvalue weighted by molar-refractivity contribution is 5.19. The molecule has 1 aromatic rings. The van der Waals surface area contributed by atoms with Crippen molar-refractivity contribution in [1.29, 1.82) is 0 Å². The Hall–Kier alpha value is -0.900. The molecule has 0 aliphatic carbocycles. The van der Waals surface area contributed by atoms with Crippen LogP contribution in [0.4, 0.5) is 0 Å². The van der Waals surface area contributed by atoms with E-state index in [9.17, 15) is 0 Å². The van der Waals surface area contributed by atoms with Crippen LogP contribution >= 0.6 is 0 Å². The smallest absolute Gasteiger partial charge is 0.0866 e. The summed E-state index contributed by atoms with van der Waals surface area (Å²) in [6.07, 6.45) is 4.02. The van der Waals surface area contributed by atoms with Crippen LogP contribution in [-0.2, 0) is 4.74 Å².